The minimum absolute atomic E-state index is 0.0597. The first-order chi connectivity index (χ1) is 14.7. The molecule has 6 nitrogen and oxygen atoms in total. The van der Waals surface area contributed by atoms with Crippen LogP contribution in [0.25, 0.3) is 10.9 Å². The fourth-order valence-corrected chi connectivity index (χ4v) is 4.39. The van der Waals surface area contributed by atoms with Gasteiger partial charge in [0, 0.05) is 50.0 Å². The van der Waals surface area contributed by atoms with Crippen LogP contribution < -0.4 is 9.47 Å². The number of fused-ring (bicyclic) bond motifs is 2. The summed E-state index contributed by atoms with van der Waals surface area (Å²) in [6.07, 6.45) is 0.854. The molecule has 0 saturated carbocycles. The minimum atomic E-state index is 0.0597. The molecule has 0 radical (unpaired) electrons. The molecule has 1 N–H and O–H groups in total. The Hall–Kier alpha value is -2.70. The van der Waals surface area contributed by atoms with Crippen LogP contribution in [-0.2, 0) is 6.54 Å². The largest absolute Gasteiger partial charge is 0.489 e. The van der Waals surface area contributed by atoms with Gasteiger partial charge in [0.25, 0.3) is 5.91 Å². The summed E-state index contributed by atoms with van der Waals surface area (Å²) in [5, 5.41) is 1.66. The topological polar surface area (TPSA) is 57.8 Å². The Morgan fingerprint density at radius 3 is 2.67 bits per heavy atom. The molecule has 7 heteroatoms. The number of hydrogen-bond donors (Lipinski definition) is 1. The van der Waals surface area contributed by atoms with Crippen LogP contribution >= 0.6 is 11.6 Å². The van der Waals surface area contributed by atoms with Gasteiger partial charge in [-0.15, -0.1) is 0 Å². The van der Waals surface area contributed by atoms with E-state index in [9.17, 15) is 4.79 Å². The Kier molecular flexibility index (Phi) is 5.27. The number of benzene rings is 2. The third-order valence-electron chi connectivity index (χ3n) is 5.69. The Balaban J connectivity index is 1.22. The fourth-order valence-electron chi connectivity index (χ4n) is 4.10. The van der Waals surface area contributed by atoms with Gasteiger partial charge in [0.1, 0.15) is 5.69 Å². The van der Waals surface area contributed by atoms with Gasteiger partial charge in [0.15, 0.2) is 11.5 Å². The lowest BCUT2D eigenvalue weighted by molar-refractivity contribution is 0.0623. The van der Waals surface area contributed by atoms with Crippen molar-refractivity contribution in [2.45, 2.75) is 13.0 Å². The first-order valence-electron chi connectivity index (χ1n) is 10.3. The predicted molar refractivity (Wildman–Crippen MR) is 117 cm³/mol. The molecule has 0 unspecified atom stereocenters. The van der Waals surface area contributed by atoms with Gasteiger partial charge < -0.3 is 19.4 Å². The van der Waals surface area contributed by atoms with Gasteiger partial charge in [-0.1, -0.05) is 29.8 Å². The molecule has 0 bridgehead atoms. The molecule has 0 spiro atoms. The van der Waals surface area contributed by atoms with E-state index in [2.05, 4.69) is 9.88 Å². The first kappa shape index (κ1) is 19.3. The molecule has 1 aromatic heterocycles. The second kappa shape index (κ2) is 8.20. The Bertz CT molecular complexity index is 1040. The lowest BCUT2D eigenvalue weighted by atomic mass is 10.1. The van der Waals surface area contributed by atoms with Gasteiger partial charge in [-0.3, -0.25) is 9.69 Å². The number of ether oxygens (including phenoxy) is 2. The molecule has 2 aliphatic heterocycles. The molecule has 3 heterocycles. The standard InChI is InChI=1S/C23H24ClN3O3/c24-18-12-16(13-21-22(18)30-11-3-10-29-21)15-26-6-8-27(9-7-26)23(28)20-14-17-4-1-2-5-19(17)25-20/h1-2,4-5,12-14,25H,3,6-11,15H2. The molecule has 2 aliphatic rings. The molecule has 1 fully saturated rings. The van der Waals surface area contributed by atoms with E-state index in [0.29, 0.717) is 42.8 Å². The van der Waals surface area contributed by atoms with E-state index in [4.69, 9.17) is 21.1 Å². The highest BCUT2D eigenvalue weighted by Crippen LogP contribution is 2.38. The Labute approximate surface area is 180 Å². The predicted octanol–water partition coefficient (Wildman–Crippen LogP) is 3.94. The SMILES string of the molecule is O=C(c1cc2ccccc2[nH]1)N1CCN(Cc2cc(Cl)c3c(c2)OCCCO3)CC1. The van der Waals surface area contributed by atoms with E-state index < -0.39 is 0 Å². The van der Waals surface area contributed by atoms with Crippen molar-refractivity contribution >= 4 is 28.4 Å². The molecule has 5 rings (SSSR count). The van der Waals surface area contributed by atoms with Crippen molar-refractivity contribution in [2.75, 3.05) is 39.4 Å². The third-order valence-corrected chi connectivity index (χ3v) is 5.97. The molecule has 1 saturated heterocycles. The maximum atomic E-state index is 12.9. The zero-order valence-electron chi connectivity index (χ0n) is 16.7. The lowest BCUT2D eigenvalue weighted by Crippen LogP contribution is -2.48. The van der Waals surface area contributed by atoms with E-state index in [1.165, 1.54) is 0 Å². The van der Waals surface area contributed by atoms with Crippen molar-refractivity contribution < 1.29 is 14.3 Å². The number of hydrogen-bond acceptors (Lipinski definition) is 4. The Morgan fingerprint density at radius 1 is 1.03 bits per heavy atom. The summed E-state index contributed by atoms with van der Waals surface area (Å²) in [4.78, 5) is 20.4. The highest BCUT2D eigenvalue weighted by molar-refractivity contribution is 6.32. The van der Waals surface area contributed by atoms with Gasteiger partial charge in [-0.05, 0) is 29.8 Å². The van der Waals surface area contributed by atoms with Crippen LogP contribution in [0.1, 0.15) is 22.5 Å². The first-order valence-corrected chi connectivity index (χ1v) is 10.7. The van der Waals surface area contributed by atoms with Crippen molar-refractivity contribution in [1.82, 2.24) is 14.8 Å². The quantitative estimate of drug-likeness (QED) is 0.690. The molecule has 156 valence electrons. The van der Waals surface area contributed by atoms with Gasteiger partial charge in [-0.2, -0.15) is 0 Å². The second-order valence-corrected chi connectivity index (χ2v) is 8.20. The van der Waals surface area contributed by atoms with Crippen molar-refractivity contribution in [3.63, 3.8) is 0 Å². The normalized spacial score (nSPS) is 17.2. The molecule has 2 aromatic carbocycles. The number of piperazine rings is 1. The number of rotatable bonds is 3. The molecule has 1 amide bonds. The Morgan fingerprint density at radius 2 is 1.83 bits per heavy atom. The highest BCUT2D eigenvalue weighted by Gasteiger charge is 2.24. The lowest BCUT2D eigenvalue weighted by Gasteiger charge is -2.34. The molecule has 0 atom stereocenters. The van der Waals surface area contributed by atoms with Crippen molar-refractivity contribution in [2.24, 2.45) is 0 Å². The summed E-state index contributed by atoms with van der Waals surface area (Å²) >= 11 is 6.42. The van der Waals surface area contributed by atoms with Crippen LogP contribution in [0.4, 0.5) is 0 Å². The molecule has 30 heavy (non-hydrogen) atoms. The average molecular weight is 426 g/mol. The number of nitrogens with zero attached hydrogens (tertiary/aromatic N) is 2. The number of amides is 1. The van der Waals surface area contributed by atoms with Gasteiger partial charge >= 0.3 is 0 Å². The number of H-pyrrole nitrogens is 1. The van der Waals surface area contributed by atoms with Crippen LogP contribution in [0.15, 0.2) is 42.5 Å². The highest BCUT2D eigenvalue weighted by atomic mass is 35.5. The van der Waals surface area contributed by atoms with Crippen LogP contribution in [0, 0.1) is 0 Å². The van der Waals surface area contributed by atoms with Crippen LogP contribution in [-0.4, -0.2) is 60.1 Å². The van der Waals surface area contributed by atoms with Gasteiger partial charge in [-0.25, -0.2) is 0 Å². The summed E-state index contributed by atoms with van der Waals surface area (Å²) in [7, 11) is 0. The average Bonchev–Trinajstić information content (AvgIpc) is 3.05. The summed E-state index contributed by atoms with van der Waals surface area (Å²) in [5.41, 5.74) is 2.74. The van der Waals surface area contributed by atoms with Crippen LogP contribution in [0.5, 0.6) is 11.5 Å². The van der Waals surface area contributed by atoms with Crippen molar-refractivity contribution in [1.29, 1.82) is 0 Å². The fraction of sp³-hybridized carbons (Fsp3) is 0.348. The van der Waals surface area contributed by atoms with Gasteiger partial charge in [0.2, 0.25) is 0 Å². The second-order valence-electron chi connectivity index (χ2n) is 7.79. The van der Waals surface area contributed by atoms with Crippen molar-refractivity contribution in [3.05, 3.63) is 58.7 Å². The number of para-hydroxylation sites is 1. The maximum absolute atomic E-state index is 12.9. The van der Waals surface area contributed by atoms with Gasteiger partial charge in [0.05, 0.1) is 18.2 Å². The minimum Gasteiger partial charge on any atom is -0.489 e. The summed E-state index contributed by atoms with van der Waals surface area (Å²) in [5.74, 6) is 1.43. The molecule has 3 aromatic rings. The number of carbonyl (C=O) groups is 1. The van der Waals surface area contributed by atoms with Crippen LogP contribution in [0.2, 0.25) is 5.02 Å². The zero-order chi connectivity index (χ0) is 20.5. The van der Waals surface area contributed by atoms with E-state index >= 15 is 0 Å². The summed E-state index contributed by atoms with van der Waals surface area (Å²) in [6.45, 7) is 5.07. The summed E-state index contributed by atoms with van der Waals surface area (Å²) in [6, 6.07) is 13.9. The maximum Gasteiger partial charge on any atom is 0.270 e. The van der Waals surface area contributed by atoms with Crippen molar-refractivity contribution in [3.8, 4) is 11.5 Å². The molecular formula is C23H24ClN3O3. The third kappa shape index (κ3) is 3.85. The number of nitrogens with one attached hydrogen (secondary N) is 1. The van der Waals surface area contributed by atoms with E-state index in [-0.39, 0.29) is 5.91 Å². The smallest absolute Gasteiger partial charge is 0.270 e. The van der Waals surface area contributed by atoms with E-state index in [1.54, 1.807) is 0 Å². The molecule has 0 aliphatic carbocycles. The zero-order valence-corrected chi connectivity index (χ0v) is 17.5. The number of aromatic amines is 1. The number of halogens is 1. The monoisotopic (exact) mass is 425 g/mol. The molecular weight excluding hydrogens is 402 g/mol. The van der Waals surface area contributed by atoms with E-state index in [0.717, 1.165) is 48.3 Å². The van der Waals surface area contributed by atoms with E-state index in [1.807, 2.05) is 47.4 Å². The number of aromatic nitrogens is 1. The summed E-state index contributed by atoms with van der Waals surface area (Å²) < 4.78 is 11.5. The van der Waals surface area contributed by atoms with Crippen LogP contribution in [0.3, 0.4) is 0 Å². The number of carbonyl (C=O) groups excluding carboxylic acids is 1.